The summed E-state index contributed by atoms with van der Waals surface area (Å²) in [6.45, 7) is 0.820. The average Bonchev–Trinajstić information content (AvgIpc) is 3.29. The van der Waals surface area contributed by atoms with Crippen LogP contribution in [-0.4, -0.2) is 35.8 Å². The van der Waals surface area contributed by atoms with Crippen LogP contribution in [0.5, 0.6) is 0 Å². The highest BCUT2D eigenvalue weighted by Gasteiger charge is 2.40. The van der Waals surface area contributed by atoms with Gasteiger partial charge in [0.15, 0.2) is 0 Å². The van der Waals surface area contributed by atoms with Gasteiger partial charge in [-0.1, -0.05) is 30.3 Å². The smallest absolute Gasteiger partial charge is 0.228 e. The molecule has 0 aliphatic carbocycles. The fourth-order valence-electron chi connectivity index (χ4n) is 4.26. The van der Waals surface area contributed by atoms with Crippen molar-refractivity contribution < 1.29 is 18.4 Å². The minimum absolute atomic E-state index is 0.0314. The van der Waals surface area contributed by atoms with E-state index in [1.54, 1.807) is 0 Å². The standard InChI is InChI=1S/C22H22F2N2O2/c23-17-8-9-20(19(24)13-17)26-14-16(12-21(26)27)22(28)25-10-4-7-18(25)11-15-5-2-1-3-6-15/h1-3,5-6,8-9,13,16,18H,4,7,10-12,14H2/t16-,18+/m1/s1. The molecule has 2 atom stereocenters. The molecule has 0 N–H and O–H groups in total. The van der Waals surface area contributed by atoms with Crippen LogP contribution in [0.25, 0.3) is 0 Å². The van der Waals surface area contributed by atoms with Crippen molar-refractivity contribution >= 4 is 17.5 Å². The lowest BCUT2D eigenvalue weighted by Gasteiger charge is -2.27. The Morgan fingerprint density at radius 1 is 1.11 bits per heavy atom. The van der Waals surface area contributed by atoms with Crippen molar-refractivity contribution in [1.82, 2.24) is 4.90 Å². The molecule has 2 saturated heterocycles. The van der Waals surface area contributed by atoms with Gasteiger partial charge in [-0.2, -0.15) is 0 Å². The van der Waals surface area contributed by atoms with Gasteiger partial charge in [-0.3, -0.25) is 9.59 Å². The molecule has 2 fully saturated rings. The molecule has 28 heavy (non-hydrogen) atoms. The van der Waals surface area contributed by atoms with Crippen molar-refractivity contribution in [2.45, 2.75) is 31.7 Å². The Kier molecular flexibility index (Phi) is 5.11. The summed E-state index contributed by atoms with van der Waals surface area (Å²) in [7, 11) is 0. The summed E-state index contributed by atoms with van der Waals surface area (Å²) in [5.41, 5.74) is 1.22. The van der Waals surface area contributed by atoms with Gasteiger partial charge in [-0.05, 0) is 37.0 Å². The van der Waals surface area contributed by atoms with Crippen LogP contribution in [0.2, 0.25) is 0 Å². The number of rotatable bonds is 4. The predicted octanol–water partition coefficient (Wildman–Crippen LogP) is 3.55. The number of hydrogen-bond donors (Lipinski definition) is 0. The molecule has 6 heteroatoms. The number of likely N-dealkylation sites (tertiary alicyclic amines) is 1. The number of carbonyl (C=O) groups excluding carboxylic acids is 2. The fraction of sp³-hybridized carbons (Fsp3) is 0.364. The first-order chi connectivity index (χ1) is 13.5. The fourth-order valence-corrected chi connectivity index (χ4v) is 4.26. The molecule has 2 aromatic carbocycles. The Morgan fingerprint density at radius 3 is 2.64 bits per heavy atom. The van der Waals surface area contributed by atoms with Crippen molar-refractivity contribution in [2.24, 2.45) is 5.92 Å². The molecule has 2 aliphatic heterocycles. The lowest BCUT2D eigenvalue weighted by molar-refractivity contribution is -0.136. The van der Waals surface area contributed by atoms with Crippen LogP contribution in [0.15, 0.2) is 48.5 Å². The van der Waals surface area contributed by atoms with Crippen LogP contribution < -0.4 is 4.90 Å². The van der Waals surface area contributed by atoms with Gasteiger partial charge in [-0.25, -0.2) is 8.78 Å². The highest BCUT2D eigenvalue weighted by Crippen LogP contribution is 2.31. The Hall–Kier alpha value is -2.76. The zero-order valence-corrected chi connectivity index (χ0v) is 15.5. The maximum Gasteiger partial charge on any atom is 0.228 e. The van der Waals surface area contributed by atoms with Crippen LogP contribution in [0.4, 0.5) is 14.5 Å². The second-order valence-electron chi connectivity index (χ2n) is 7.52. The van der Waals surface area contributed by atoms with Gasteiger partial charge in [0, 0.05) is 31.6 Å². The molecule has 0 unspecified atom stereocenters. The van der Waals surface area contributed by atoms with E-state index < -0.39 is 17.6 Å². The second-order valence-corrected chi connectivity index (χ2v) is 7.52. The van der Waals surface area contributed by atoms with Crippen molar-refractivity contribution in [1.29, 1.82) is 0 Å². The first-order valence-corrected chi connectivity index (χ1v) is 9.63. The molecule has 0 radical (unpaired) electrons. The molecule has 2 amide bonds. The molecule has 2 aromatic rings. The zero-order chi connectivity index (χ0) is 19.7. The lowest BCUT2D eigenvalue weighted by Crippen LogP contribution is -2.41. The SMILES string of the molecule is O=C1C[C@@H](C(=O)N2CCC[C@H]2Cc2ccccc2)CN1c1ccc(F)cc1F. The summed E-state index contributed by atoms with van der Waals surface area (Å²) in [5, 5.41) is 0. The highest BCUT2D eigenvalue weighted by molar-refractivity contribution is 6.00. The number of benzene rings is 2. The number of amides is 2. The quantitative estimate of drug-likeness (QED) is 0.809. The molecule has 146 valence electrons. The zero-order valence-electron chi connectivity index (χ0n) is 15.5. The van der Waals surface area contributed by atoms with Crippen LogP contribution in [-0.2, 0) is 16.0 Å². The maximum atomic E-state index is 14.1. The van der Waals surface area contributed by atoms with Gasteiger partial charge in [0.2, 0.25) is 11.8 Å². The highest BCUT2D eigenvalue weighted by atomic mass is 19.1. The third kappa shape index (κ3) is 3.63. The monoisotopic (exact) mass is 384 g/mol. The minimum atomic E-state index is -0.787. The summed E-state index contributed by atoms with van der Waals surface area (Å²) in [6, 6.07) is 13.3. The Morgan fingerprint density at radius 2 is 1.89 bits per heavy atom. The first kappa shape index (κ1) is 18.6. The summed E-state index contributed by atoms with van der Waals surface area (Å²) >= 11 is 0. The number of anilines is 1. The number of halogens is 2. The van der Waals surface area contributed by atoms with E-state index in [9.17, 15) is 18.4 Å². The van der Waals surface area contributed by atoms with Crippen LogP contribution >= 0.6 is 0 Å². The average molecular weight is 384 g/mol. The van der Waals surface area contributed by atoms with Gasteiger partial charge in [-0.15, -0.1) is 0 Å². The molecule has 2 aliphatic rings. The Labute approximate surface area is 162 Å². The summed E-state index contributed by atoms with van der Waals surface area (Å²) in [5.74, 6) is -2.32. The van der Waals surface area contributed by atoms with E-state index in [0.717, 1.165) is 31.4 Å². The molecular weight excluding hydrogens is 362 g/mol. The third-order valence-corrected chi connectivity index (χ3v) is 5.65. The van der Waals surface area contributed by atoms with Gasteiger partial charge in [0.1, 0.15) is 11.6 Å². The van der Waals surface area contributed by atoms with E-state index in [1.165, 1.54) is 16.5 Å². The Balaban J connectivity index is 1.47. The maximum absolute atomic E-state index is 14.1. The van der Waals surface area contributed by atoms with Gasteiger partial charge in [0.05, 0.1) is 11.6 Å². The van der Waals surface area contributed by atoms with E-state index in [-0.39, 0.29) is 36.5 Å². The number of carbonyl (C=O) groups is 2. The van der Waals surface area contributed by atoms with Crippen molar-refractivity contribution in [3.8, 4) is 0 Å². The van der Waals surface area contributed by atoms with Crippen LogP contribution in [0, 0.1) is 17.6 Å². The van der Waals surface area contributed by atoms with Crippen LogP contribution in [0.3, 0.4) is 0 Å². The minimum Gasteiger partial charge on any atom is -0.339 e. The Bertz CT molecular complexity index is 887. The molecule has 0 spiro atoms. The van der Waals surface area contributed by atoms with Crippen LogP contribution in [0.1, 0.15) is 24.8 Å². The lowest BCUT2D eigenvalue weighted by atomic mass is 10.0. The molecule has 0 saturated carbocycles. The molecule has 2 heterocycles. The molecule has 4 nitrogen and oxygen atoms in total. The molecular formula is C22H22F2N2O2. The van der Waals surface area contributed by atoms with Crippen molar-refractivity contribution in [2.75, 3.05) is 18.0 Å². The van der Waals surface area contributed by atoms with E-state index >= 15 is 0 Å². The number of nitrogens with zero attached hydrogens (tertiary/aromatic N) is 2. The molecule has 4 rings (SSSR count). The van der Waals surface area contributed by atoms with E-state index in [4.69, 9.17) is 0 Å². The largest absolute Gasteiger partial charge is 0.339 e. The normalized spacial score (nSPS) is 22.1. The summed E-state index contributed by atoms with van der Waals surface area (Å²) in [6.07, 6.45) is 2.74. The van der Waals surface area contributed by atoms with E-state index in [1.807, 2.05) is 23.1 Å². The topological polar surface area (TPSA) is 40.6 Å². The van der Waals surface area contributed by atoms with Gasteiger partial charge < -0.3 is 9.80 Å². The summed E-state index contributed by atoms with van der Waals surface area (Å²) in [4.78, 5) is 28.7. The van der Waals surface area contributed by atoms with Crippen molar-refractivity contribution in [3.05, 3.63) is 65.7 Å². The predicted molar refractivity (Wildman–Crippen MR) is 102 cm³/mol. The van der Waals surface area contributed by atoms with E-state index in [0.29, 0.717) is 6.54 Å². The van der Waals surface area contributed by atoms with Gasteiger partial charge in [0.25, 0.3) is 0 Å². The van der Waals surface area contributed by atoms with Crippen molar-refractivity contribution in [3.63, 3.8) is 0 Å². The molecule has 0 aromatic heterocycles. The first-order valence-electron chi connectivity index (χ1n) is 9.63. The van der Waals surface area contributed by atoms with Gasteiger partial charge >= 0.3 is 0 Å². The van der Waals surface area contributed by atoms with E-state index in [2.05, 4.69) is 12.1 Å². The third-order valence-electron chi connectivity index (χ3n) is 5.65. The second kappa shape index (κ2) is 7.70. The number of hydrogen-bond acceptors (Lipinski definition) is 2. The molecule has 0 bridgehead atoms. The summed E-state index contributed by atoms with van der Waals surface area (Å²) < 4.78 is 27.2.